The van der Waals surface area contributed by atoms with Gasteiger partial charge in [0, 0.05) is 13.0 Å². The number of likely N-dealkylation sites (N-methyl/N-ethyl adjacent to an activating group) is 1. The van der Waals surface area contributed by atoms with Gasteiger partial charge in [-0.05, 0) is 19.2 Å². The van der Waals surface area contributed by atoms with Crippen LogP contribution >= 0.6 is 0 Å². The Bertz CT molecular complexity index is 436. The minimum absolute atomic E-state index is 0.269. The lowest BCUT2D eigenvalue weighted by Crippen LogP contribution is -2.10. The molecule has 1 aromatic carbocycles. The highest BCUT2D eigenvalue weighted by Crippen LogP contribution is 2.14. The number of halogens is 1. The lowest BCUT2D eigenvalue weighted by atomic mass is 10.3. The van der Waals surface area contributed by atoms with Crippen molar-refractivity contribution in [1.29, 1.82) is 0 Å². The zero-order chi connectivity index (χ0) is 9.97. The van der Waals surface area contributed by atoms with E-state index in [1.165, 1.54) is 6.07 Å². The van der Waals surface area contributed by atoms with E-state index < -0.39 is 0 Å². The summed E-state index contributed by atoms with van der Waals surface area (Å²) in [5, 5.41) is 3.02. The Hall–Kier alpha value is -1.42. The van der Waals surface area contributed by atoms with Gasteiger partial charge < -0.3 is 10.3 Å². The number of para-hydroxylation sites is 1. The number of benzene rings is 1. The highest BCUT2D eigenvalue weighted by molar-refractivity contribution is 5.75. The second-order valence-electron chi connectivity index (χ2n) is 3.17. The average Bonchev–Trinajstić information content (AvgIpc) is 2.59. The molecule has 0 amide bonds. The summed E-state index contributed by atoms with van der Waals surface area (Å²) >= 11 is 0. The van der Waals surface area contributed by atoms with Gasteiger partial charge in [0.05, 0.1) is 5.52 Å². The number of imidazole rings is 1. The van der Waals surface area contributed by atoms with Gasteiger partial charge in [-0.1, -0.05) is 6.07 Å². The van der Waals surface area contributed by atoms with E-state index in [-0.39, 0.29) is 5.82 Å². The number of hydrogen-bond acceptors (Lipinski definition) is 2. The third-order valence-electron chi connectivity index (χ3n) is 2.12. The Morgan fingerprint density at radius 3 is 3.07 bits per heavy atom. The van der Waals surface area contributed by atoms with Gasteiger partial charge in [0.25, 0.3) is 0 Å². The fraction of sp³-hybridized carbons (Fsp3) is 0.300. The second kappa shape index (κ2) is 3.75. The van der Waals surface area contributed by atoms with E-state index in [2.05, 4.69) is 15.3 Å². The van der Waals surface area contributed by atoms with Crippen molar-refractivity contribution in [3.05, 3.63) is 29.8 Å². The summed E-state index contributed by atoms with van der Waals surface area (Å²) in [5.74, 6) is 0.550. The van der Waals surface area contributed by atoms with Crippen molar-refractivity contribution in [3.63, 3.8) is 0 Å². The van der Waals surface area contributed by atoms with Crippen LogP contribution in [0.25, 0.3) is 11.0 Å². The summed E-state index contributed by atoms with van der Waals surface area (Å²) in [7, 11) is 1.88. The number of fused-ring (bicyclic) bond motifs is 1. The van der Waals surface area contributed by atoms with Crippen LogP contribution in [-0.2, 0) is 6.42 Å². The molecule has 3 nitrogen and oxygen atoms in total. The van der Waals surface area contributed by atoms with Gasteiger partial charge in [-0.2, -0.15) is 0 Å². The third-order valence-corrected chi connectivity index (χ3v) is 2.12. The van der Waals surface area contributed by atoms with Gasteiger partial charge in [-0.15, -0.1) is 0 Å². The largest absolute Gasteiger partial charge is 0.342 e. The van der Waals surface area contributed by atoms with E-state index in [1.54, 1.807) is 6.07 Å². The molecule has 0 aliphatic rings. The molecule has 0 aliphatic heterocycles. The van der Waals surface area contributed by atoms with Gasteiger partial charge in [0.1, 0.15) is 11.3 Å². The summed E-state index contributed by atoms with van der Waals surface area (Å²) in [6.07, 6.45) is 0.782. The Morgan fingerprint density at radius 2 is 2.36 bits per heavy atom. The molecule has 0 bridgehead atoms. The summed E-state index contributed by atoms with van der Waals surface area (Å²) in [5.41, 5.74) is 1.19. The number of nitrogens with one attached hydrogen (secondary N) is 2. The first-order chi connectivity index (χ1) is 6.81. The molecule has 2 rings (SSSR count). The Balaban J connectivity index is 2.36. The van der Waals surface area contributed by atoms with Gasteiger partial charge in [0.15, 0.2) is 5.82 Å². The molecule has 74 valence electrons. The first kappa shape index (κ1) is 9.15. The van der Waals surface area contributed by atoms with Crippen LogP contribution in [0.1, 0.15) is 5.82 Å². The average molecular weight is 193 g/mol. The van der Waals surface area contributed by atoms with E-state index in [1.807, 2.05) is 13.1 Å². The monoisotopic (exact) mass is 193 g/mol. The van der Waals surface area contributed by atoms with Crippen molar-refractivity contribution < 1.29 is 4.39 Å². The molecule has 0 atom stereocenters. The fourth-order valence-corrected chi connectivity index (χ4v) is 1.41. The van der Waals surface area contributed by atoms with E-state index in [0.29, 0.717) is 5.52 Å². The maximum atomic E-state index is 13.2. The molecule has 0 aliphatic carbocycles. The normalized spacial score (nSPS) is 11.0. The molecule has 0 radical (unpaired) electrons. The molecule has 1 aromatic heterocycles. The lowest BCUT2D eigenvalue weighted by Gasteiger charge is -1.93. The highest BCUT2D eigenvalue weighted by atomic mass is 19.1. The minimum atomic E-state index is -0.269. The summed E-state index contributed by atoms with van der Waals surface area (Å²) in [6.45, 7) is 0.835. The Morgan fingerprint density at radius 1 is 1.50 bits per heavy atom. The molecule has 0 spiro atoms. The van der Waals surface area contributed by atoms with E-state index in [4.69, 9.17) is 0 Å². The first-order valence-electron chi connectivity index (χ1n) is 4.59. The van der Waals surface area contributed by atoms with Crippen molar-refractivity contribution in [1.82, 2.24) is 15.3 Å². The van der Waals surface area contributed by atoms with Gasteiger partial charge >= 0.3 is 0 Å². The molecular weight excluding hydrogens is 181 g/mol. The summed E-state index contributed by atoms with van der Waals surface area (Å²) in [6, 6.07) is 4.93. The zero-order valence-electron chi connectivity index (χ0n) is 7.97. The predicted molar refractivity (Wildman–Crippen MR) is 53.7 cm³/mol. The minimum Gasteiger partial charge on any atom is -0.342 e. The molecular formula is C10H12FN3. The van der Waals surface area contributed by atoms with Crippen LogP contribution < -0.4 is 5.32 Å². The lowest BCUT2D eigenvalue weighted by molar-refractivity contribution is 0.637. The molecule has 0 saturated carbocycles. The van der Waals surface area contributed by atoms with Crippen molar-refractivity contribution >= 4 is 11.0 Å². The van der Waals surface area contributed by atoms with Crippen LogP contribution in [0.15, 0.2) is 18.2 Å². The molecule has 0 fully saturated rings. The molecule has 2 N–H and O–H groups in total. The third kappa shape index (κ3) is 1.61. The van der Waals surface area contributed by atoms with Crippen LogP contribution in [0.4, 0.5) is 4.39 Å². The number of hydrogen-bond donors (Lipinski definition) is 2. The molecule has 14 heavy (non-hydrogen) atoms. The van der Waals surface area contributed by atoms with Gasteiger partial charge in [0.2, 0.25) is 0 Å². The Kier molecular flexibility index (Phi) is 2.45. The topological polar surface area (TPSA) is 40.7 Å². The molecule has 2 aromatic rings. The van der Waals surface area contributed by atoms with E-state index in [9.17, 15) is 4.39 Å². The highest BCUT2D eigenvalue weighted by Gasteiger charge is 2.05. The first-order valence-corrected chi connectivity index (χ1v) is 4.59. The zero-order valence-corrected chi connectivity index (χ0v) is 7.97. The maximum absolute atomic E-state index is 13.2. The molecule has 0 unspecified atom stereocenters. The second-order valence-corrected chi connectivity index (χ2v) is 3.17. The Labute approximate surface area is 81.4 Å². The van der Waals surface area contributed by atoms with Gasteiger partial charge in [-0.3, -0.25) is 0 Å². The van der Waals surface area contributed by atoms with Crippen LogP contribution in [0.5, 0.6) is 0 Å². The van der Waals surface area contributed by atoms with Crippen molar-refractivity contribution in [2.24, 2.45) is 0 Å². The van der Waals surface area contributed by atoms with Crippen LogP contribution in [0.2, 0.25) is 0 Å². The van der Waals surface area contributed by atoms with Crippen molar-refractivity contribution in [2.75, 3.05) is 13.6 Å². The number of aromatic amines is 1. The van der Waals surface area contributed by atoms with Crippen LogP contribution in [-0.4, -0.2) is 23.6 Å². The number of rotatable bonds is 3. The number of H-pyrrole nitrogens is 1. The predicted octanol–water partition coefficient (Wildman–Crippen LogP) is 1.46. The molecule has 1 heterocycles. The van der Waals surface area contributed by atoms with Crippen molar-refractivity contribution in [2.45, 2.75) is 6.42 Å². The summed E-state index contributed by atoms with van der Waals surface area (Å²) < 4.78 is 13.2. The van der Waals surface area contributed by atoms with Crippen LogP contribution in [0.3, 0.4) is 0 Å². The van der Waals surface area contributed by atoms with Crippen LogP contribution in [0, 0.1) is 5.82 Å². The summed E-state index contributed by atoms with van der Waals surface area (Å²) in [4.78, 5) is 7.26. The fourth-order valence-electron chi connectivity index (χ4n) is 1.41. The number of aromatic nitrogens is 2. The van der Waals surface area contributed by atoms with E-state index in [0.717, 1.165) is 24.3 Å². The molecule has 4 heteroatoms. The standard InChI is InChI=1S/C10H12FN3/c1-12-6-5-9-13-8-4-2-3-7(11)10(8)14-9/h2-4,12H,5-6H2,1H3,(H,13,14). The SMILES string of the molecule is CNCCc1nc2c(F)cccc2[nH]1. The quantitative estimate of drug-likeness (QED) is 0.774. The number of nitrogens with zero attached hydrogens (tertiary/aromatic N) is 1. The van der Waals surface area contributed by atoms with Gasteiger partial charge in [-0.25, -0.2) is 9.37 Å². The smallest absolute Gasteiger partial charge is 0.151 e. The van der Waals surface area contributed by atoms with E-state index >= 15 is 0 Å². The maximum Gasteiger partial charge on any atom is 0.151 e. The molecule has 0 saturated heterocycles. The van der Waals surface area contributed by atoms with Crippen molar-refractivity contribution in [3.8, 4) is 0 Å².